The Morgan fingerprint density at radius 2 is 1.57 bits per heavy atom. The van der Waals surface area contributed by atoms with Gasteiger partial charge < -0.3 is 0 Å². The number of benzene rings is 2. The van der Waals surface area contributed by atoms with E-state index in [1.807, 2.05) is 70.2 Å². The number of hydrazone groups is 1. The number of anilines is 1. The van der Waals surface area contributed by atoms with Crippen LogP contribution < -0.4 is 10.6 Å². The monoisotopic (exact) mass is 400 g/mol. The van der Waals surface area contributed by atoms with Gasteiger partial charge in [-0.1, -0.05) is 35.4 Å². The molecule has 0 bridgehead atoms. The Morgan fingerprint density at radius 3 is 2.23 bits per heavy atom. The Balaban J connectivity index is 1.74. The Hall–Kier alpha value is -3.67. The van der Waals surface area contributed by atoms with E-state index in [1.54, 1.807) is 13.0 Å². The van der Waals surface area contributed by atoms with Gasteiger partial charge >= 0.3 is 0 Å². The Bertz CT molecular complexity index is 1270. The number of nitrogens with one attached hydrogen (secondary N) is 1. The number of aryl methyl sites for hydroxylation is 4. The molecule has 1 N–H and O–H groups in total. The first-order valence-electron chi connectivity index (χ1n) is 9.84. The highest BCUT2D eigenvalue weighted by molar-refractivity contribution is 6.32. The molecule has 3 aromatic rings. The molecule has 1 amide bonds. The molecule has 0 saturated heterocycles. The number of hydrogen-bond acceptors (Lipinski definition) is 3. The number of hydrogen-bond donors (Lipinski definition) is 1. The number of rotatable bonds is 3. The van der Waals surface area contributed by atoms with Crippen molar-refractivity contribution in [3.8, 4) is 5.69 Å². The quantitative estimate of drug-likeness (QED) is 0.669. The lowest BCUT2D eigenvalue weighted by molar-refractivity contribution is -0.114. The molecule has 0 aliphatic carbocycles. The zero-order chi connectivity index (χ0) is 21.6. The summed E-state index contributed by atoms with van der Waals surface area (Å²) in [5.74, 6) is -0.241. The molecule has 0 radical (unpaired) electrons. The first-order chi connectivity index (χ1) is 14.3. The standard InChI is InChI=1S/C24H24N4O2/c1-14-6-9-19(10-7-14)27-23(29)20(17(4)25-27)13-21-18(5)26-28(24(21)30)22-11-8-15(2)12-16(22)3/h6-13,26H,1-5H3/b20-13+. The molecule has 0 saturated carbocycles. The highest BCUT2D eigenvalue weighted by atomic mass is 16.2. The predicted molar refractivity (Wildman–Crippen MR) is 120 cm³/mol. The van der Waals surface area contributed by atoms with Crippen molar-refractivity contribution >= 4 is 23.4 Å². The summed E-state index contributed by atoms with van der Waals surface area (Å²) in [5, 5.41) is 8.93. The lowest BCUT2D eigenvalue weighted by Crippen LogP contribution is -2.22. The molecule has 152 valence electrons. The number of H-pyrrole nitrogens is 1. The minimum Gasteiger partial charge on any atom is -0.295 e. The van der Waals surface area contributed by atoms with Gasteiger partial charge in [0.05, 0.1) is 28.2 Å². The van der Waals surface area contributed by atoms with Crippen LogP contribution in [0.15, 0.2) is 57.9 Å². The van der Waals surface area contributed by atoms with Gasteiger partial charge in [0.1, 0.15) is 0 Å². The zero-order valence-electron chi connectivity index (χ0n) is 17.8. The SMILES string of the molecule is CC1=NN(c2ccc(C)cc2)C(=O)/C1=C/c1c(C)[nH]n(-c2ccc(C)cc2C)c1=O. The second-order valence-electron chi connectivity index (χ2n) is 7.78. The van der Waals surface area contributed by atoms with Gasteiger partial charge in [-0.25, -0.2) is 4.68 Å². The summed E-state index contributed by atoms with van der Waals surface area (Å²) in [6.45, 7) is 9.59. The molecule has 2 aromatic carbocycles. The van der Waals surface area contributed by atoms with Crippen molar-refractivity contribution < 1.29 is 4.79 Å². The van der Waals surface area contributed by atoms with Gasteiger partial charge in [0.2, 0.25) is 0 Å². The molecule has 2 heterocycles. The zero-order valence-corrected chi connectivity index (χ0v) is 17.8. The van der Waals surface area contributed by atoms with Crippen LogP contribution in [0.1, 0.15) is 34.9 Å². The van der Waals surface area contributed by atoms with Crippen molar-refractivity contribution in [2.75, 3.05) is 5.01 Å². The lowest BCUT2D eigenvalue weighted by Gasteiger charge is -2.11. The summed E-state index contributed by atoms with van der Waals surface area (Å²) in [7, 11) is 0. The van der Waals surface area contributed by atoms with E-state index >= 15 is 0 Å². The van der Waals surface area contributed by atoms with E-state index in [0.29, 0.717) is 28.2 Å². The third-order valence-corrected chi connectivity index (χ3v) is 5.34. The third kappa shape index (κ3) is 3.30. The predicted octanol–water partition coefficient (Wildman–Crippen LogP) is 4.21. The Morgan fingerprint density at radius 1 is 0.900 bits per heavy atom. The molecular formula is C24H24N4O2. The van der Waals surface area contributed by atoms with E-state index in [1.165, 1.54) is 9.69 Å². The number of aromatic nitrogens is 2. The number of nitrogens with zero attached hydrogens (tertiary/aromatic N) is 3. The van der Waals surface area contributed by atoms with Gasteiger partial charge in [-0.2, -0.15) is 10.1 Å². The van der Waals surface area contributed by atoms with E-state index < -0.39 is 0 Å². The van der Waals surface area contributed by atoms with Crippen LogP contribution in [0, 0.1) is 27.7 Å². The van der Waals surface area contributed by atoms with E-state index in [9.17, 15) is 9.59 Å². The number of carbonyl (C=O) groups is 1. The molecule has 30 heavy (non-hydrogen) atoms. The molecule has 6 nitrogen and oxygen atoms in total. The minimum atomic E-state index is -0.241. The average molecular weight is 400 g/mol. The summed E-state index contributed by atoms with van der Waals surface area (Å²) in [5.41, 5.74) is 6.70. The normalized spacial score (nSPS) is 15.2. The van der Waals surface area contributed by atoms with Crippen LogP contribution in [-0.2, 0) is 4.79 Å². The van der Waals surface area contributed by atoms with Crippen LogP contribution in [0.3, 0.4) is 0 Å². The molecule has 0 fully saturated rings. The summed E-state index contributed by atoms with van der Waals surface area (Å²) in [4.78, 5) is 26.2. The van der Waals surface area contributed by atoms with Crippen LogP contribution in [-0.4, -0.2) is 21.4 Å². The number of aromatic amines is 1. The Kier molecular flexibility index (Phi) is 4.78. The average Bonchev–Trinajstić information content (AvgIpc) is 3.13. The molecule has 0 spiro atoms. The van der Waals surface area contributed by atoms with Gasteiger partial charge in [0.15, 0.2) is 0 Å². The van der Waals surface area contributed by atoms with Crippen LogP contribution in [0.2, 0.25) is 0 Å². The van der Waals surface area contributed by atoms with Crippen LogP contribution in [0.5, 0.6) is 0 Å². The molecule has 0 atom stereocenters. The topological polar surface area (TPSA) is 70.5 Å². The number of amides is 1. The molecule has 4 rings (SSSR count). The van der Waals surface area contributed by atoms with Crippen LogP contribution >= 0.6 is 0 Å². The first-order valence-corrected chi connectivity index (χ1v) is 9.84. The van der Waals surface area contributed by atoms with Gasteiger partial charge in [-0.05, 0) is 64.5 Å². The van der Waals surface area contributed by atoms with Gasteiger partial charge in [-0.15, -0.1) is 0 Å². The largest absolute Gasteiger partial charge is 0.295 e. The second kappa shape index (κ2) is 7.30. The molecule has 1 aromatic heterocycles. The van der Waals surface area contributed by atoms with Gasteiger partial charge in [0, 0.05) is 5.69 Å². The van der Waals surface area contributed by atoms with Gasteiger partial charge in [-0.3, -0.25) is 14.7 Å². The van der Waals surface area contributed by atoms with Crippen molar-refractivity contribution in [2.45, 2.75) is 34.6 Å². The van der Waals surface area contributed by atoms with Gasteiger partial charge in [0.25, 0.3) is 11.5 Å². The maximum atomic E-state index is 13.1. The second-order valence-corrected chi connectivity index (χ2v) is 7.78. The summed E-state index contributed by atoms with van der Waals surface area (Å²) < 4.78 is 1.53. The lowest BCUT2D eigenvalue weighted by atomic mass is 10.1. The number of carbonyl (C=O) groups excluding carboxylic acids is 1. The van der Waals surface area contributed by atoms with E-state index in [4.69, 9.17) is 0 Å². The minimum absolute atomic E-state index is 0.193. The smallest absolute Gasteiger partial charge is 0.280 e. The maximum Gasteiger partial charge on any atom is 0.280 e. The van der Waals surface area contributed by atoms with E-state index in [0.717, 1.165) is 22.4 Å². The Labute approximate surface area is 175 Å². The molecule has 1 aliphatic rings. The molecule has 6 heteroatoms. The summed E-state index contributed by atoms with van der Waals surface area (Å²) >= 11 is 0. The van der Waals surface area contributed by atoms with E-state index in [-0.39, 0.29) is 11.5 Å². The van der Waals surface area contributed by atoms with Crippen LogP contribution in [0.4, 0.5) is 5.69 Å². The fraction of sp³-hybridized carbons (Fsp3) is 0.208. The highest BCUT2D eigenvalue weighted by Gasteiger charge is 2.29. The van der Waals surface area contributed by atoms with Crippen molar-refractivity contribution in [3.63, 3.8) is 0 Å². The first kappa shape index (κ1) is 19.6. The molecular weight excluding hydrogens is 376 g/mol. The molecule has 0 unspecified atom stereocenters. The van der Waals surface area contributed by atoms with Crippen molar-refractivity contribution in [1.29, 1.82) is 0 Å². The summed E-state index contributed by atoms with van der Waals surface area (Å²) in [6, 6.07) is 13.5. The third-order valence-electron chi connectivity index (χ3n) is 5.34. The van der Waals surface area contributed by atoms with E-state index in [2.05, 4.69) is 10.2 Å². The maximum absolute atomic E-state index is 13.1. The van der Waals surface area contributed by atoms with Crippen LogP contribution in [0.25, 0.3) is 11.8 Å². The van der Waals surface area contributed by atoms with Crippen molar-refractivity contribution in [1.82, 2.24) is 9.78 Å². The highest BCUT2D eigenvalue weighted by Crippen LogP contribution is 2.25. The van der Waals surface area contributed by atoms with Crippen molar-refractivity contribution in [3.05, 3.63) is 86.3 Å². The molecule has 1 aliphatic heterocycles. The van der Waals surface area contributed by atoms with Crippen molar-refractivity contribution in [2.24, 2.45) is 5.10 Å². The fourth-order valence-electron chi connectivity index (χ4n) is 3.65. The fourth-order valence-corrected chi connectivity index (χ4v) is 3.65. The summed E-state index contributed by atoms with van der Waals surface area (Å²) in [6.07, 6.45) is 1.64.